The number of benzene rings is 1. The van der Waals surface area contributed by atoms with E-state index in [4.69, 9.17) is 10.8 Å². The van der Waals surface area contributed by atoms with Crippen molar-refractivity contribution in [3.63, 3.8) is 0 Å². The molecule has 1 unspecified atom stereocenters. The van der Waals surface area contributed by atoms with E-state index in [0.717, 1.165) is 0 Å². The number of carboxylic acids is 1. The van der Waals surface area contributed by atoms with Gasteiger partial charge in [0.1, 0.15) is 5.54 Å². The summed E-state index contributed by atoms with van der Waals surface area (Å²) < 4.78 is 0.632. The highest BCUT2D eigenvalue weighted by Gasteiger charge is 2.41. The van der Waals surface area contributed by atoms with E-state index in [0.29, 0.717) is 29.5 Å². The van der Waals surface area contributed by atoms with Crippen molar-refractivity contribution in [3.05, 3.63) is 38.3 Å². The number of nitrogens with two attached hydrogens (primary N) is 1. The van der Waals surface area contributed by atoms with Gasteiger partial charge in [-0.15, -0.1) is 0 Å². The van der Waals surface area contributed by atoms with E-state index >= 15 is 0 Å². The van der Waals surface area contributed by atoms with Gasteiger partial charge in [0.25, 0.3) is 5.69 Å². The van der Waals surface area contributed by atoms with Crippen molar-refractivity contribution in [3.8, 4) is 0 Å². The molecule has 0 spiro atoms. The number of nitro groups is 1. The molecule has 8 heteroatoms. The van der Waals surface area contributed by atoms with Gasteiger partial charge < -0.3 is 10.8 Å². The summed E-state index contributed by atoms with van der Waals surface area (Å²) in [4.78, 5) is 23.5. The molecule has 3 N–H and O–H groups in total. The molecule has 108 valence electrons. The van der Waals surface area contributed by atoms with Crippen LogP contribution in [0.4, 0.5) is 5.69 Å². The number of hydrogen-bond acceptors (Lipinski definition) is 5. The fourth-order valence-electron chi connectivity index (χ4n) is 2.31. The lowest BCUT2D eigenvalue weighted by molar-refractivity contribution is -0.385. The zero-order valence-electron chi connectivity index (χ0n) is 10.6. The van der Waals surface area contributed by atoms with Gasteiger partial charge in [0.05, 0.1) is 4.92 Å². The molecule has 2 rings (SSSR count). The van der Waals surface area contributed by atoms with Crippen molar-refractivity contribution in [1.82, 2.24) is 4.90 Å². The monoisotopic (exact) mass is 343 g/mol. The van der Waals surface area contributed by atoms with Crippen LogP contribution in [-0.4, -0.2) is 39.5 Å². The Labute approximate surface area is 123 Å². The van der Waals surface area contributed by atoms with Gasteiger partial charge in [0, 0.05) is 35.7 Å². The van der Waals surface area contributed by atoms with E-state index < -0.39 is 16.4 Å². The van der Waals surface area contributed by atoms with Crippen LogP contribution in [0.15, 0.2) is 22.7 Å². The predicted molar refractivity (Wildman–Crippen MR) is 75.2 cm³/mol. The van der Waals surface area contributed by atoms with Crippen LogP contribution in [0.25, 0.3) is 0 Å². The SMILES string of the molecule is NC1(C(=O)O)CCN(Cc2ccc(Br)cc2[N+](=O)[O-])C1. The standard InChI is InChI=1S/C12H14BrN3O4/c13-9-2-1-8(10(5-9)16(19)20)6-15-4-3-12(14,7-15)11(17)18/h1-2,5H,3-4,6-7,14H2,(H,17,18). The second-order valence-electron chi connectivity index (χ2n) is 4.95. The zero-order chi connectivity index (χ0) is 14.9. The number of nitro benzene ring substituents is 1. The molecule has 1 fully saturated rings. The summed E-state index contributed by atoms with van der Waals surface area (Å²) in [5.41, 5.74) is 5.09. The lowest BCUT2D eigenvalue weighted by atomic mass is 10.0. The molecule has 0 saturated carbocycles. The second-order valence-corrected chi connectivity index (χ2v) is 5.87. The average molecular weight is 344 g/mol. The van der Waals surface area contributed by atoms with Gasteiger partial charge in [-0.3, -0.25) is 19.8 Å². The first-order valence-corrected chi connectivity index (χ1v) is 6.78. The number of aliphatic carboxylic acids is 1. The number of rotatable bonds is 4. The summed E-state index contributed by atoms with van der Waals surface area (Å²) in [6.07, 6.45) is 0.340. The van der Waals surface area contributed by atoms with Crippen molar-refractivity contribution in [2.24, 2.45) is 5.73 Å². The summed E-state index contributed by atoms with van der Waals surface area (Å²) in [6.45, 7) is 1.02. The Morgan fingerprint density at radius 1 is 1.60 bits per heavy atom. The Morgan fingerprint density at radius 3 is 2.85 bits per heavy atom. The minimum Gasteiger partial charge on any atom is -0.480 e. The predicted octanol–water partition coefficient (Wildman–Crippen LogP) is 1.35. The lowest BCUT2D eigenvalue weighted by Crippen LogP contribution is -2.50. The van der Waals surface area contributed by atoms with Gasteiger partial charge >= 0.3 is 5.97 Å². The van der Waals surface area contributed by atoms with Crippen molar-refractivity contribution in [2.75, 3.05) is 13.1 Å². The molecule has 7 nitrogen and oxygen atoms in total. The quantitative estimate of drug-likeness (QED) is 0.630. The topological polar surface area (TPSA) is 110 Å². The largest absolute Gasteiger partial charge is 0.480 e. The van der Waals surface area contributed by atoms with E-state index in [1.54, 1.807) is 12.1 Å². The second kappa shape index (κ2) is 5.47. The van der Waals surface area contributed by atoms with Crippen LogP contribution in [0, 0.1) is 10.1 Å². The van der Waals surface area contributed by atoms with Crippen molar-refractivity contribution < 1.29 is 14.8 Å². The molecular weight excluding hydrogens is 330 g/mol. The maximum absolute atomic E-state index is 11.1. The van der Waals surface area contributed by atoms with E-state index in [-0.39, 0.29) is 12.2 Å². The molecule has 1 aromatic carbocycles. The zero-order valence-corrected chi connectivity index (χ0v) is 12.2. The molecule has 0 radical (unpaired) electrons. The first kappa shape index (κ1) is 14.9. The van der Waals surface area contributed by atoms with Gasteiger partial charge in [0.15, 0.2) is 0 Å². The molecule has 1 atom stereocenters. The maximum Gasteiger partial charge on any atom is 0.325 e. The van der Waals surface area contributed by atoms with Gasteiger partial charge in [-0.2, -0.15) is 0 Å². The third-order valence-electron chi connectivity index (χ3n) is 3.44. The van der Waals surface area contributed by atoms with E-state index in [9.17, 15) is 14.9 Å². The number of likely N-dealkylation sites (tertiary alicyclic amines) is 1. The minimum atomic E-state index is -1.26. The number of carbonyl (C=O) groups is 1. The Balaban J connectivity index is 2.16. The maximum atomic E-state index is 11.1. The number of carboxylic acid groups (broad SMARTS) is 1. The van der Waals surface area contributed by atoms with Gasteiger partial charge in [-0.1, -0.05) is 15.9 Å². The van der Waals surface area contributed by atoms with Crippen LogP contribution in [0.2, 0.25) is 0 Å². The first-order chi connectivity index (χ1) is 9.32. The van der Waals surface area contributed by atoms with E-state index in [2.05, 4.69) is 15.9 Å². The summed E-state index contributed by atoms with van der Waals surface area (Å²) in [5, 5.41) is 20.1. The van der Waals surface area contributed by atoms with Crippen molar-refractivity contribution in [2.45, 2.75) is 18.5 Å². The van der Waals surface area contributed by atoms with Crippen LogP contribution in [0.3, 0.4) is 0 Å². The Bertz CT molecular complexity index is 566. The van der Waals surface area contributed by atoms with Crippen LogP contribution in [-0.2, 0) is 11.3 Å². The van der Waals surface area contributed by atoms with Gasteiger partial charge in [0.2, 0.25) is 0 Å². The van der Waals surface area contributed by atoms with Crippen LogP contribution in [0.5, 0.6) is 0 Å². The molecule has 0 bridgehead atoms. The van der Waals surface area contributed by atoms with E-state index in [1.165, 1.54) is 6.07 Å². The van der Waals surface area contributed by atoms with Gasteiger partial charge in [-0.05, 0) is 18.6 Å². The highest BCUT2D eigenvalue weighted by molar-refractivity contribution is 9.10. The summed E-state index contributed by atoms with van der Waals surface area (Å²) in [7, 11) is 0. The number of halogens is 1. The Kier molecular flexibility index (Phi) is 4.07. The third-order valence-corrected chi connectivity index (χ3v) is 3.94. The van der Waals surface area contributed by atoms with Crippen LogP contribution >= 0.6 is 15.9 Å². The molecule has 0 aromatic heterocycles. The molecule has 1 aliphatic rings. The molecule has 1 saturated heterocycles. The normalized spacial score (nSPS) is 22.9. The lowest BCUT2D eigenvalue weighted by Gasteiger charge is -2.20. The van der Waals surface area contributed by atoms with Crippen molar-refractivity contribution in [1.29, 1.82) is 0 Å². The number of hydrogen-bond donors (Lipinski definition) is 2. The minimum absolute atomic E-state index is 0.0178. The summed E-state index contributed by atoms with van der Waals surface area (Å²) >= 11 is 3.20. The average Bonchev–Trinajstić information content (AvgIpc) is 2.74. The first-order valence-electron chi connectivity index (χ1n) is 5.99. The fourth-order valence-corrected chi connectivity index (χ4v) is 2.65. The molecule has 20 heavy (non-hydrogen) atoms. The summed E-state index contributed by atoms with van der Waals surface area (Å²) in [5.74, 6) is -1.04. The van der Waals surface area contributed by atoms with Crippen LogP contribution < -0.4 is 5.73 Å². The Morgan fingerprint density at radius 2 is 2.30 bits per heavy atom. The highest BCUT2D eigenvalue weighted by Crippen LogP contribution is 2.27. The smallest absolute Gasteiger partial charge is 0.325 e. The molecule has 1 aromatic rings. The highest BCUT2D eigenvalue weighted by atomic mass is 79.9. The van der Waals surface area contributed by atoms with Gasteiger partial charge in [-0.25, -0.2) is 0 Å². The number of nitrogens with zero attached hydrogens (tertiary/aromatic N) is 2. The van der Waals surface area contributed by atoms with Crippen molar-refractivity contribution >= 4 is 27.6 Å². The fraction of sp³-hybridized carbons (Fsp3) is 0.417. The molecule has 1 heterocycles. The molecule has 0 amide bonds. The van der Waals surface area contributed by atoms with Crippen LogP contribution in [0.1, 0.15) is 12.0 Å². The Hall–Kier alpha value is -1.51. The third kappa shape index (κ3) is 2.97. The molecule has 0 aliphatic carbocycles. The summed E-state index contributed by atoms with van der Waals surface area (Å²) in [6, 6.07) is 4.84. The molecule has 1 aliphatic heterocycles. The molecular formula is C12H14BrN3O4. The van der Waals surface area contributed by atoms with E-state index in [1.807, 2.05) is 4.90 Å².